The van der Waals surface area contributed by atoms with Crippen molar-refractivity contribution in [2.24, 2.45) is 0 Å². The molecule has 5 aliphatic rings. The van der Waals surface area contributed by atoms with Crippen LogP contribution in [0.1, 0.15) is 136 Å². The molecule has 6 atom stereocenters. The van der Waals surface area contributed by atoms with E-state index in [9.17, 15) is 15.0 Å². The number of carbonyl (C=O) groups excluding carboxylic acids is 1. The summed E-state index contributed by atoms with van der Waals surface area (Å²) in [6.45, 7) is 23.7. The van der Waals surface area contributed by atoms with Gasteiger partial charge in [0.05, 0.1) is 38.5 Å². The van der Waals surface area contributed by atoms with Gasteiger partial charge in [-0.2, -0.15) is 0 Å². The molecule has 7 N–H and O–H groups in total. The summed E-state index contributed by atoms with van der Waals surface area (Å²) in [5.74, 6) is 0.655. The van der Waals surface area contributed by atoms with Crippen molar-refractivity contribution in [1.29, 1.82) is 0 Å². The average molecular weight is 1040 g/mol. The van der Waals surface area contributed by atoms with Crippen LogP contribution in [0.15, 0.2) is 146 Å². The quantitative estimate of drug-likeness (QED) is 0.0728. The van der Waals surface area contributed by atoms with E-state index in [-0.39, 0.29) is 70.0 Å². The van der Waals surface area contributed by atoms with E-state index in [0.29, 0.717) is 51.5 Å². The highest BCUT2D eigenvalue weighted by Crippen LogP contribution is 2.47. The van der Waals surface area contributed by atoms with Gasteiger partial charge in [-0.1, -0.05) is 135 Å². The summed E-state index contributed by atoms with van der Waals surface area (Å²) in [6.07, 6.45) is 3.36. The Labute approximate surface area is 449 Å². The highest BCUT2D eigenvalue weighted by Gasteiger charge is 2.43. The topological polar surface area (TPSA) is 183 Å². The lowest BCUT2D eigenvalue weighted by Crippen LogP contribution is -2.43. The van der Waals surface area contributed by atoms with Crippen LogP contribution in [0.2, 0.25) is 0 Å². The average Bonchev–Trinajstić information content (AvgIpc) is 3.41. The molecule has 0 amide bonds. The van der Waals surface area contributed by atoms with Gasteiger partial charge in [0.15, 0.2) is 0 Å². The van der Waals surface area contributed by atoms with Gasteiger partial charge in [-0.15, -0.1) is 0 Å². The van der Waals surface area contributed by atoms with Gasteiger partial charge in [0.2, 0.25) is 0 Å². The van der Waals surface area contributed by atoms with Crippen molar-refractivity contribution in [3.8, 4) is 17.2 Å². The van der Waals surface area contributed by atoms with Gasteiger partial charge in [0, 0.05) is 33.8 Å². The van der Waals surface area contributed by atoms with Crippen LogP contribution in [0.5, 0.6) is 17.2 Å². The second-order valence-electron chi connectivity index (χ2n) is 22.4. The van der Waals surface area contributed by atoms with Crippen molar-refractivity contribution >= 4 is 23.3 Å². The first-order valence-corrected chi connectivity index (χ1v) is 26.0. The first kappa shape index (κ1) is 56.7. The molecule has 2 saturated heterocycles. The number of phenolic OH excluding ortho intramolecular Hbond substituents is 3. The Hall–Kier alpha value is -7.03. The number of carbonyl (C=O) groups is 1. The maximum Gasteiger partial charge on any atom is 0.150 e. The van der Waals surface area contributed by atoms with E-state index in [1.54, 1.807) is 48.9 Å². The van der Waals surface area contributed by atoms with Crippen LogP contribution in [0.4, 0.5) is 17.1 Å². The third kappa shape index (κ3) is 15.1. The zero-order valence-electron chi connectivity index (χ0n) is 45.4. The predicted molar refractivity (Wildman–Crippen MR) is 300 cm³/mol. The minimum Gasteiger partial charge on any atom is -0.508 e. The molecule has 2 fully saturated rings. The molecule has 5 heterocycles. The van der Waals surface area contributed by atoms with E-state index in [4.69, 9.17) is 39.3 Å². The smallest absolute Gasteiger partial charge is 0.150 e. The van der Waals surface area contributed by atoms with Crippen molar-refractivity contribution < 1.29 is 48.5 Å². The SMILES string of the molecule is C1=COCCO1.CC(C)(C)c1ccc(N)cc1.CC(C)(C)c1ccc2c(c1)[C@H]1OCCO[C@H]1[C@@H](c1cccc(O)c1)N2.CC(C)(C)c1ccc2c(c1)[C@H]1OCCO[C@H]1[C@H](c1cccc(O)c1)N2.O=Cc1cccc(O)c1. The van der Waals surface area contributed by atoms with Crippen molar-refractivity contribution in [2.45, 2.75) is 115 Å². The largest absolute Gasteiger partial charge is 0.508 e. The summed E-state index contributed by atoms with van der Waals surface area (Å²) in [6, 6.07) is 42.0. The number of aromatic hydroxyl groups is 3. The summed E-state index contributed by atoms with van der Waals surface area (Å²) in [4.78, 5) is 10.0. The lowest BCUT2D eigenvalue weighted by Gasteiger charge is -2.43. The van der Waals surface area contributed by atoms with Gasteiger partial charge < -0.3 is 60.1 Å². The zero-order valence-corrected chi connectivity index (χ0v) is 45.4. The number of anilines is 3. The summed E-state index contributed by atoms with van der Waals surface area (Å²) < 4.78 is 34.0. The van der Waals surface area contributed by atoms with Crippen LogP contribution < -0.4 is 16.4 Å². The molecule has 404 valence electrons. The van der Waals surface area contributed by atoms with E-state index < -0.39 is 0 Å². The fraction of sp³-hybridized carbons (Fsp3) is 0.381. The molecule has 0 aromatic heterocycles. The highest BCUT2D eigenvalue weighted by atomic mass is 16.6. The number of aldehydes is 1. The molecular weight excluding hydrogens is 959 g/mol. The third-order valence-corrected chi connectivity index (χ3v) is 13.5. The van der Waals surface area contributed by atoms with Crippen molar-refractivity contribution in [2.75, 3.05) is 56.0 Å². The Morgan fingerprint density at radius 1 is 0.474 bits per heavy atom. The van der Waals surface area contributed by atoms with E-state index in [1.165, 1.54) is 28.8 Å². The Morgan fingerprint density at radius 2 is 0.868 bits per heavy atom. The Morgan fingerprint density at radius 3 is 1.22 bits per heavy atom. The first-order valence-electron chi connectivity index (χ1n) is 26.0. The molecule has 6 aromatic rings. The second kappa shape index (κ2) is 25.2. The molecule has 13 nitrogen and oxygen atoms in total. The minimum atomic E-state index is -0.113. The fourth-order valence-electron chi connectivity index (χ4n) is 9.32. The molecule has 13 heteroatoms. The van der Waals surface area contributed by atoms with Crippen LogP contribution in [0.3, 0.4) is 0 Å². The molecular formula is C63H77N3O10. The Balaban J connectivity index is 0.000000152. The third-order valence-electron chi connectivity index (χ3n) is 13.5. The van der Waals surface area contributed by atoms with Crippen LogP contribution in [0, 0.1) is 0 Å². The van der Waals surface area contributed by atoms with Gasteiger partial charge >= 0.3 is 0 Å². The molecule has 0 bridgehead atoms. The Kier molecular flexibility index (Phi) is 18.8. The molecule has 0 unspecified atom stereocenters. The van der Waals surface area contributed by atoms with E-state index in [2.05, 4.69) is 121 Å². The molecule has 0 aliphatic carbocycles. The number of phenols is 3. The zero-order chi connectivity index (χ0) is 54.6. The fourth-order valence-corrected chi connectivity index (χ4v) is 9.32. The van der Waals surface area contributed by atoms with E-state index in [0.717, 1.165) is 39.3 Å². The van der Waals surface area contributed by atoms with Crippen LogP contribution in [-0.2, 0) is 44.7 Å². The molecule has 6 aromatic carbocycles. The first-order chi connectivity index (χ1) is 36.2. The normalized spacial score (nSPS) is 21.1. The number of fused-ring (bicyclic) bond motifs is 6. The summed E-state index contributed by atoms with van der Waals surface area (Å²) in [5, 5.41) is 35.7. The standard InChI is InChI=1S/2C21H25NO3.C10H15N.C7H6O2.C4H6O2/c2*1-21(2,3)14-7-8-17-16(12-14)19-20(25-10-9-24-19)18(22-17)13-5-4-6-15(23)11-13;1-10(2,3)8-4-6-9(11)7-5-8;8-5-6-2-1-3-7(9)4-6;1-2-6-4-3-5-1/h2*4-8,11-12,18-20,22-23H,9-10H2,1-3H3;4-7H,11H2,1-3H3;1-5,9H;1-2H,3-4H2/t18-,19+,20-;18-,19-,20+;;;/m01.../s1. The summed E-state index contributed by atoms with van der Waals surface area (Å²) >= 11 is 0. The molecule has 0 saturated carbocycles. The van der Waals surface area contributed by atoms with Gasteiger partial charge in [-0.3, -0.25) is 4.79 Å². The van der Waals surface area contributed by atoms with Crippen molar-refractivity contribution in [3.63, 3.8) is 0 Å². The molecule has 5 aliphatic heterocycles. The number of hydrogen-bond acceptors (Lipinski definition) is 13. The van der Waals surface area contributed by atoms with Crippen molar-refractivity contribution in [3.05, 3.63) is 190 Å². The molecule has 76 heavy (non-hydrogen) atoms. The number of nitrogens with two attached hydrogens (primary N) is 1. The molecule has 11 rings (SSSR count). The number of rotatable bonds is 3. The Bertz CT molecular complexity index is 2730. The van der Waals surface area contributed by atoms with E-state index >= 15 is 0 Å². The van der Waals surface area contributed by atoms with Crippen LogP contribution in [-0.4, -0.2) is 73.5 Å². The van der Waals surface area contributed by atoms with Crippen LogP contribution >= 0.6 is 0 Å². The summed E-state index contributed by atoms with van der Waals surface area (Å²) in [7, 11) is 0. The maximum absolute atomic E-state index is 10.0. The number of hydrogen-bond donors (Lipinski definition) is 6. The molecule has 0 radical (unpaired) electrons. The van der Waals surface area contributed by atoms with Gasteiger partial charge in [-0.25, -0.2) is 0 Å². The number of ether oxygens (including phenoxy) is 6. The van der Waals surface area contributed by atoms with E-state index in [1.807, 2.05) is 36.4 Å². The number of benzene rings is 6. The second-order valence-corrected chi connectivity index (χ2v) is 22.4. The maximum atomic E-state index is 10.0. The van der Waals surface area contributed by atoms with Gasteiger partial charge in [0.25, 0.3) is 0 Å². The van der Waals surface area contributed by atoms with Crippen LogP contribution in [0.25, 0.3) is 0 Å². The predicted octanol–water partition coefficient (Wildman–Crippen LogP) is 12.9. The highest BCUT2D eigenvalue weighted by molar-refractivity contribution is 5.75. The minimum absolute atomic E-state index is 0.0506. The number of nitrogens with one attached hydrogen (secondary N) is 2. The van der Waals surface area contributed by atoms with Crippen molar-refractivity contribution in [1.82, 2.24) is 0 Å². The van der Waals surface area contributed by atoms with Gasteiger partial charge in [0.1, 0.15) is 73.7 Å². The lowest BCUT2D eigenvalue weighted by atomic mass is 9.82. The summed E-state index contributed by atoms with van der Waals surface area (Å²) in [5.41, 5.74) is 17.7. The lowest BCUT2D eigenvalue weighted by molar-refractivity contribution is -0.151. The monoisotopic (exact) mass is 1040 g/mol. The molecule has 0 spiro atoms. The van der Waals surface area contributed by atoms with Gasteiger partial charge in [-0.05, 0) is 105 Å². The number of nitrogen functional groups attached to an aromatic ring is 1.